The second-order valence-electron chi connectivity index (χ2n) is 12.2. The van der Waals surface area contributed by atoms with Crippen molar-refractivity contribution in [2.24, 2.45) is 0 Å². The molecule has 0 amide bonds. The molecule has 0 atom stereocenters. The highest BCUT2D eigenvalue weighted by Crippen LogP contribution is 2.49. The van der Waals surface area contributed by atoms with E-state index >= 15 is 0 Å². The SMILES string of the molecule is C#Cc1cc(C#N)cc2[nH]c3c(c12)C(=O)c1cc(C2CCC2)c(N2CCN(C4CCC4)CC2)cc1C3(C)C. The van der Waals surface area contributed by atoms with Crippen LogP contribution in [-0.2, 0) is 5.41 Å². The number of aromatic nitrogens is 1. The van der Waals surface area contributed by atoms with Gasteiger partial charge in [0.05, 0.1) is 17.2 Å². The second kappa shape index (κ2) is 8.48. The molecule has 1 saturated heterocycles. The fraction of sp³-hybridized carbons (Fsp3) is 0.455. The number of carbonyl (C=O) groups excluding carboxylic acids is 1. The number of piperazine rings is 1. The molecule has 0 bridgehead atoms. The topological polar surface area (TPSA) is 63.1 Å². The molecule has 3 aliphatic carbocycles. The summed E-state index contributed by atoms with van der Waals surface area (Å²) in [6.45, 7) is 8.74. The van der Waals surface area contributed by atoms with Crippen molar-refractivity contribution >= 4 is 22.4 Å². The molecular formula is C33H34N4O. The number of hydrogen-bond acceptors (Lipinski definition) is 4. The Morgan fingerprint density at radius 2 is 1.76 bits per heavy atom. The standard InChI is InChI=1S/C33H34N4O/c1-4-21-15-20(19-34)16-27-29(21)30-31(38)25-17-24(22-7-5-8-22)28(18-26(25)33(2,3)32(30)35-27)37-13-11-36(12-14-37)23-9-6-10-23/h1,15-18,22-23,35H,5-14H2,2-3H3. The first-order valence-electron chi connectivity index (χ1n) is 14.2. The maximum Gasteiger partial charge on any atom is 0.195 e. The number of terminal acetylenes is 1. The van der Waals surface area contributed by atoms with E-state index in [1.54, 1.807) is 6.07 Å². The smallest absolute Gasteiger partial charge is 0.195 e. The lowest BCUT2D eigenvalue weighted by Gasteiger charge is -2.45. The molecule has 1 aliphatic heterocycles. The molecule has 4 aliphatic rings. The van der Waals surface area contributed by atoms with Crippen molar-refractivity contribution in [1.82, 2.24) is 9.88 Å². The molecule has 1 N–H and O–H groups in total. The van der Waals surface area contributed by atoms with Crippen LogP contribution >= 0.6 is 0 Å². The number of nitrogens with zero attached hydrogens (tertiary/aromatic N) is 3. The number of hydrogen-bond donors (Lipinski definition) is 1. The Morgan fingerprint density at radius 1 is 1.03 bits per heavy atom. The molecule has 7 rings (SSSR count). The number of nitriles is 1. The average Bonchev–Trinajstić information content (AvgIpc) is 3.26. The highest BCUT2D eigenvalue weighted by molar-refractivity contribution is 6.21. The van der Waals surface area contributed by atoms with Crippen molar-refractivity contribution < 1.29 is 4.79 Å². The van der Waals surface area contributed by atoms with Crippen LogP contribution in [-0.4, -0.2) is 47.9 Å². The number of carbonyl (C=O) groups is 1. The first kappa shape index (κ1) is 23.6. The van der Waals surface area contributed by atoms with Gasteiger partial charge in [-0.2, -0.15) is 5.26 Å². The van der Waals surface area contributed by atoms with Gasteiger partial charge in [-0.3, -0.25) is 9.69 Å². The first-order valence-corrected chi connectivity index (χ1v) is 14.2. The zero-order valence-corrected chi connectivity index (χ0v) is 22.4. The zero-order valence-electron chi connectivity index (χ0n) is 22.4. The van der Waals surface area contributed by atoms with Crippen LogP contribution in [0.1, 0.15) is 102 Å². The number of anilines is 1. The monoisotopic (exact) mass is 502 g/mol. The first-order chi connectivity index (χ1) is 18.4. The molecule has 5 heteroatoms. The van der Waals surface area contributed by atoms with E-state index in [1.165, 1.54) is 49.8 Å². The Labute approximate surface area is 224 Å². The number of benzene rings is 2. The minimum atomic E-state index is -0.406. The van der Waals surface area contributed by atoms with Crippen molar-refractivity contribution in [2.45, 2.75) is 69.7 Å². The van der Waals surface area contributed by atoms with Crippen molar-refractivity contribution in [2.75, 3.05) is 31.1 Å². The molecule has 38 heavy (non-hydrogen) atoms. The van der Waals surface area contributed by atoms with Gasteiger partial charge in [-0.05, 0) is 67.0 Å². The summed E-state index contributed by atoms with van der Waals surface area (Å²) in [6.07, 6.45) is 13.6. The van der Waals surface area contributed by atoms with Crippen LogP contribution < -0.4 is 4.90 Å². The molecule has 5 nitrogen and oxygen atoms in total. The Hall–Kier alpha value is -3.54. The molecule has 2 saturated carbocycles. The molecular weight excluding hydrogens is 468 g/mol. The number of H-pyrrole nitrogens is 1. The quantitative estimate of drug-likeness (QED) is 0.458. The van der Waals surface area contributed by atoms with Crippen LogP contribution in [0.25, 0.3) is 10.9 Å². The molecule has 0 radical (unpaired) electrons. The Balaban J connectivity index is 1.36. The summed E-state index contributed by atoms with van der Waals surface area (Å²) in [5.41, 5.74) is 7.62. The Bertz CT molecular complexity index is 1560. The summed E-state index contributed by atoms with van der Waals surface area (Å²) in [5, 5.41) is 10.3. The minimum absolute atomic E-state index is 0.0451. The van der Waals surface area contributed by atoms with Gasteiger partial charge in [-0.15, -0.1) is 6.42 Å². The van der Waals surface area contributed by atoms with E-state index in [1.807, 2.05) is 6.07 Å². The summed E-state index contributed by atoms with van der Waals surface area (Å²) >= 11 is 0. The van der Waals surface area contributed by atoms with Crippen LogP contribution in [0.4, 0.5) is 5.69 Å². The predicted octanol–water partition coefficient (Wildman–Crippen LogP) is 5.83. The Morgan fingerprint density at radius 3 is 2.37 bits per heavy atom. The number of rotatable bonds is 3. The largest absolute Gasteiger partial charge is 0.369 e. The highest BCUT2D eigenvalue weighted by Gasteiger charge is 2.42. The van der Waals surface area contributed by atoms with Crippen LogP contribution in [0.3, 0.4) is 0 Å². The molecule has 1 aromatic heterocycles. The van der Waals surface area contributed by atoms with E-state index in [-0.39, 0.29) is 5.78 Å². The molecule has 2 aromatic carbocycles. The molecule has 3 aromatic rings. The van der Waals surface area contributed by atoms with Crippen LogP contribution in [0.15, 0.2) is 24.3 Å². The fourth-order valence-corrected chi connectivity index (χ4v) is 7.19. The number of nitrogens with one attached hydrogen (secondary N) is 1. The van der Waals surface area contributed by atoms with Gasteiger partial charge in [0.25, 0.3) is 0 Å². The van der Waals surface area contributed by atoms with Gasteiger partial charge in [-0.1, -0.05) is 32.6 Å². The third-order valence-electron chi connectivity index (χ3n) is 9.91. The number of ketones is 1. The van der Waals surface area contributed by atoms with E-state index in [9.17, 15) is 10.1 Å². The maximum atomic E-state index is 14.2. The average molecular weight is 503 g/mol. The van der Waals surface area contributed by atoms with Crippen molar-refractivity contribution in [3.8, 4) is 18.4 Å². The van der Waals surface area contributed by atoms with Crippen LogP contribution in [0.5, 0.6) is 0 Å². The summed E-state index contributed by atoms with van der Waals surface area (Å²) in [4.78, 5) is 23.0. The molecule has 192 valence electrons. The molecule has 0 spiro atoms. The minimum Gasteiger partial charge on any atom is -0.369 e. The van der Waals surface area contributed by atoms with Gasteiger partial charge in [0.2, 0.25) is 0 Å². The second-order valence-corrected chi connectivity index (χ2v) is 12.2. The number of fused-ring (bicyclic) bond motifs is 4. The highest BCUT2D eigenvalue weighted by atomic mass is 16.1. The summed E-state index contributed by atoms with van der Waals surface area (Å²) < 4.78 is 0. The molecule has 3 fully saturated rings. The normalized spacial score (nSPS) is 21.3. The lowest BCUT2D eigenvalue weighted by molar-refractivity contribution is 0.103. The predicted molar refractivity (Wildman–Crippen MR) is 151 cm³/mol. The maximum absolute atomic E-state index is 14.2. The summed E-state index contributed by atoms with van der Waals surface area (Å²) in [7, 11) is 0. The van der Waals surface area contributed by atoms with Crippen LogP contribution in [0, 0.1) is 23.7 Å². The fourth-order valence-electron chi connectivity index (χ4n) is 7.19. The molecule has 0 unspecified atom stereocenters. The van der Waals surface area contributed by atoms with Crippen LogP contribution in [0.2, 0.25) is 0 Å². The van der Waals surface area contributed by atoms with Crippen molar-refractivity contribution in [3.05, 3.63) is 63.3 Å². The number of aromatic amines is 1. The third-order valence-corrected chi connectivity index (χ3v) is 9.91. The zero-order chi connectivity index (χ0) is 26.2. The molecule has 2 heterocycles. The Kier molecular flexibility index (Phi) is 5.26. The van der Waals surface area contributed by atoms with Gasteiger partial charge in [-0.25, -0.2) is 0 Å². The van der Waals surface area contributed by atoms with E-state index in [2.05, 4.69) is 52.8 Å². The lowest BCUT2D eigenvalue weighted by atomic mass is 9.69. The van der Waals surface area contributed by atoms with E-state index < -0.39 is 5.41 Å². The summed E-state index contributed by atoms with van der Waals surface area (Å²) in [5.74, 6) is 3.31. The van der Waals surface area contributed by atoms with E-state index in [0.29, 0.717) is 22.6 Å². The van der Waals surface area contributed by atoms with Gasteiger partial charge < -0.3 is 9.88 Å². The lowest BCUT2D eigenvalue weighted by Crippen LogP contribution is -2.52. The van der Waals surface area contributed by atoms with Gasteiger partial charge >= 0.3 is 0 Å². The van der Waals surface area contributed by atoms with Crippen molar-refractivity contribution in [1.29, 1.82) is 5.26 Å². The van der Waals surface area contributed by atoms with Gasteiger partial charge in [0.1, 0.15) is 0 Å². The van der Waals surface area contributed by atoms with E-state index in [4.69, 9.17) is 6.42 Å². The van der Waals surface area contributed by atoms with Crippen molar-refractivity contribution in [3.63, 3.8) is 0 Å². The third kappa shape index (κ3) is 3.31. The van der Waals surface area contributed by atoms with Gasteiger partial charge in [0, 0.05) is 71.0 Å². The van der Waals surface area contributed by atoms with Gasteiger partial charge in [0.15, 0.2) is 5.78 Å². The summed E-state index contributed by atoms with van der Waals surface area (Å²) in [6, 6.07) is 11.1. The van der Waals surface area contributed by atoms with E-state index in [0.717, 1.165) is 59.9 Å².